The van der Waals surface area contributed by atoms with Crippen molar-refractivity contribution in [3.05, 3.63) is 71.8 Å². The molecule has 447 valence electrons. The summed E-state index contributed by atoms with van der Waals surface area (Å²) in [4.78, 5) is 76.4. The molecule has 2 aromatic rings. The Bertz CT molecular complexity index is 2410. The molecule has 0 saturated heterocycles. The summed E-state index contributed by atoms with van der Waals surface area (Å²) in [6.45, 7) is 16.0. The van der Waals surface area contributed by atoms with Crippen LogP contribution in [0.5, 0.6) is 5.75 Å². The standard InChI is InChI=1S/C59H86N7O11.Ni.H2O.O/c1-37(2)13-11-14-39(5)45-22-23-46-51-47(25-27-59(45,46)7)58(6)26-24-44(33-41(58)34-48(51)60)76-56(71)63-29-30-73-31-32-74-36-50(67)66-52(38(3)4)54(69)65-49(17-12-28-62-55(61)70)53(68)64-42-20-18-40(19-21-42)35-75-57(72)77-43-15-9-8-10-16-43;;;/h9-10,15-16,18-21,34,37-39,44-47,49,51-52,60H,11-14,17,22-33,35-36H2,1-7H3,(H,63,71)(H,64,68)(H,65,69)(H,66,67)(H3,61,62,70);;1H2;/q-1;+1;;/p-1/t39?,44-,45+,46-,47-,49?,51?,52-,58-,59+;;;/m0.../s1. The Hall–Kier alpha value is -5.76. The Kier molecular flexibility index (Phi) is 26.0. The number of hydrogen-bond acceptors (Lipinski definition) is 13. The van der Waals surface area contributed by atoms with E-state index in [-0.39, 0.29) is 70.0 Å². The summed E-state index contributed by atoms with van der Waals surface area (Å²) in [5.41, 5.74) is 8.61. The first kappa shape index (κ1) is 65.1. The molecule has 21 heteroatoms. The zero-order valence-corrected chi connectivity index (χ0v) is 48.6. The second-order valence-electron chi connectivity index (χ2n) is 23.1. The van der Waals surface area contributed by atoms with Crippen LogP contribution in [-0.2, 0) is 58.5 Å². The van der Waals surface area contributed by atoms with Crippen LogP contribution in [0.15, 0.2) is 60.2 Å². The van der Waals surface area contributed by atoms with Crippen molar-refractivity contribution >= 4 is 47.4 Å². The molecule has 9 N–H and O–H groups in total. The molecule has 0 bridgehead atoms. The van der Waals surface area contributed by atoms with Crippen molar-refractivity contribution in [2.24, 2.45) is 58.0 Å². The maximum absolute atomic E-state index is 13.6. The Balaban J connectivity index is 0.00000383. The first-order valence-electron chi connectivity index (χ1n) is 28.3. The molecule has 0 aromatic heterocycles. The van der Waals surface area contributed by atoms with Crippen LogP contribution in [0.2, 0.25) is 0 Å². The van der Waals surface area contributed by atoms with Gasteiger partial charge in [-0.05, 0) is 121 Å². The number of fused-ring (bicyclic) bond motifs is 5. The van der Waals surface area contributed by atoms with Gasteiger partial charge in [0, 0.05) is 42.6 Å². The molecular weight excluding hydrogens is 1070 g/mol. The number of carbonyl (C=O) groups is 6. The number of ether oxygens (including phenoxy) is 5. The van der Waals surface area contributed by atoms with Gasteiger partial charge in [-0.15, -0.1) is 12.1 Å². The molecule has 4 aliphatic carbocycles. The predicted molar refractivity (Wildman–Crippen MR) is 296 cm³/mol. The molecule has 0 radical (unpaired) electrons. The number of anilines is 1. The molecule has 3 saturated carbocycles. The molecule has 20 nitrogen and oxygen atoms in total. The Morgan fingerprint density at radius 1 is 0.825 bits per heavy atom. The quantitative estimate of drug-likeness (QED) is 0.0137. The van der Waals surface area contributed by atoms with E-state index in [9.17, 15) is 34.2 Å². The van der Waals surface area contributed by atoms with Gasteiger partial charge in [-0.3, -0.25) is 14.4 Å². The van der Waals surface area contributed by atoms with E-state index in [1.807, 2.05) is 0 Å². The molecule has 0 spiro atoms. The third kappa shape index (κ3) is 19.2. The minimum atomic E-state index is -1.05. The molecule has 0 heterocycles. The topological polar surface area (TPSA) is 296 Å². The van der Waals surface area contributed by atoms with Crippen LogP contribution in [0.4, 0.5) is 20.1 Å². The molecule has 3 unspecified atom stereocenters. The number of carbonyl (C=O) groups excluding carboxylic acids is 6. The fraction of sp³-hybridized carbons (Fsp3) is 0.644. The average Bonchev–Trinajstić information content (AvgIpc) is 3.99. The van der Waals surface area contributed by atoms with Gasteiger partial charge in [0.05, 0.1) is 19.8 Å². The van der Waals surface area contributed by atoms with Gasteiger partial charge in [0.1, 0.15) is 31.4 Å². The van der Waals surface area contributed by atoms with Crippen molar-refractivity contribution < 1.29 is 75.3 Å². The van der Waals surface area contributed by atoms with Crippen LogP contribution in [0, 0.1) is 63.7 Å². The predicted octanol–water partition coefficient (Wildman–Crippen LogP) is 8.34. The SMILES string of the molecule is CC(C)CCCC(C)[C@H]1CC[C@H]2C3C(=N)C=C4C[C@@H](OC(=O)NCCOCCOCC(=O)N[C@H](C(=O)NC(CCCNC(N)=O)C(=O)Nc5ccc(COC(=O)Oc6cc[c-]cc6)cc5)C(C)C)CC[C@]4(C)[C@H]3CC[C@]12C.[O]=[Ni][OH]. The second-order valence-corrected chi connectivity index (χ2v) is 23.3. The maximum atomic E-state index is 13.6. The number of benzene rings is 2. The van der Waals surface area contributed by atoms with E-state index in [1.54, 1.807) is 62.4 Å². The van der Waals surface area contributed by atoms with Crippen molar-refractivity contribution in [2.75, 3.05) is 44.8 Å². The third-order valence-electron chi connectivity index (χ3n) is 16.9. The number of allylic oxidation sites excluding steroid dienone is 1. The van der Waals surface area contributed by atoms with Crippen molar-refractivity contribution in [3.8, 4) is 5.75 Å². The van der Waals surface area contributed by atoms with Gasteiger partial charge >= 0.3 is 41.1 Å². The van der Waals surface area contributed by atoms with E-state index < -0.39 is 62.8 Å². The third-order valence-corrected chi connectivity index (χ3v) is 16.9. The number of nitrogens with one attached hydrogen (secondary N) is 6. The molecule has 6 amide bonds. The van der Waals surface area contributed by atoms with Crippen LogP contribution in [0.3, 0.4) is 0 Å². The van der Waals surface area contributed by atoms with Crippen molar-refractivity contribution in [1.29, 1.82) is 5.41 Å². The van der Waals surface area contributed by atoms with Crippen molar-refractivity contribution in [2.45, 2.75) is 150 Å². The van der Waals surface area contributed by atoms with Gasteiger partial charge in [-0.2, -0.15) is 18.2 Å². The Labute approximate surface area is 478 Å². The number of nitrogens with two attached hydrogens (primary N) is 1. The molecule has 80 heavy (non-hydrogen) atoms. The van der Waals surface area contributed by atoms with E-state index in [0.29, 0.717) is 53.0 Å². The number of alkyl carbamates (subject to hydrolysis) is 1. The van der Waals surface area contributed by atoms with Crippen LogP contribution in [-0.4, -0.2) is 104 Å². The van der Waals surface area contributed by atoms with Crippen molar-refractivity contribution in [1.82, 2.24) is 21.3 Å². The molecule has 3 fully saturated rings. The summed E-state index contributed by atoms with van der Waals surface area (Å²) in [5.74, 6) is 1.82. The summed E-state index contributed by atoms with van der Waals surface area (Å²) in [7, 11) is 0. The van der Waals surface area contributed by atoms with Crippen molar-refractivity contribution in [3.63, 3.8) is 0 Å². The number of amides is 6. The van der Waals surface area contributed by atoms with Crippen LogP contribution in [0.25, 0.3) is 0 Å². The Morgan fingerprint density at radius 3 is 2.23 bits per heavy atom. The summed E-state index contributed by atoms with van der Waals surface area (Å²) >= 11 is -0.625. The second kappa shape index (κ2) is 32.0. The summed E-state index contributed by atoms with van der Waals surface area (Å²) < 4.78 is 42.7. The fourth-order valence-electron chi connectivity index (χ4n) is 12.8. The number of primary amides is 1. The van der Waals surface area contributed by atoms with E-state index >= 15 is 0 Å². The van der Waals surface area contributed by atoms with Crippen LogP contribution < -0.4 is 37.1 Å². The van der Waals surface area contributed by atoms with Gasteiger partial charge in [0.25, 0.3) is 0 Å². The van der Waals surface area contributed by atoms with Gasteiger partial charge in [-0.25, -0.2) is 14.4 Å². The van der Waals surface area contributed by atoms with Crippen LogP contribution >= 0.6 is 0 Å². The summed E-state index contributed by atoms with van der Waals surface area (Å²) in [5, 5.41) is 22.9. The monoisotopic (exact) mass is 1160 g/mol. The van der Waals surface area contributed by atoms with E-state index in [2.05, 4.69) is 73.3 Å². The van der Waals surface area contributed by atoms with E-state index in [1.165, 1.54) is 44.1 Å². The number of rotatable bonds is 27. The van der Waals surface area contributed by atoms with E-state index in [4.69, 9.17) is 37.6 Å². The summed E-state index contributed by atoms with van der Waals surface area (Å²) in [6.07, 6.45) is 12.2. The number of urea groups is 1. The fourth-order valence-corrected chi connectivity index (χ4v) is 12.8. The number of hydrogen-bond donors (Lipinski definition) is 8. The van der Waals surface area contributed by atoms with Gasteiger partial charge < -0.3 is 61.4 Å². The average molecular weight is 1160 g/mol. The van der Waals surface area contributed by atoms with Gasteiger partial charge in [-0.1, -0.05) is 85.4 Å². The molecule has 2 aromatic carbocycles. The zero-order valence-electron chi connectivity index (χ0n) is 47.6. The van der Waals surface area contributed by atoms with Crippen LogP contribution in [0.1, 0.15) is 131 Å². The molecule has 0 aliphatic heterocycles. The van der Waals surface area contributed by atoms with Gasteiger partial charge in [0.2, 0.25) is 17.7 Å². The van der Waals surface area contributed by atoms with E-state index in [0.717, 1.165) is 42.7 Å². The normalized spacial score (nSPS) is 24.0. The molecule has 4 aliphatic rings. The zero-order chi connectivity index (χ0) is 58.4. The summed E-state index contributed by atoms with van der Waals surface area (Å²) in [6, 6.07) is 12.9. The molecule has 10 atom stereocenters. The molecule has 6 rings (SSSR count). The molecular formula is C59H87N7NiO13-. The minimum absolute atomic E-state index is 0.0200. The first-order chi connectivity index (χ1) is 38.2. The Morgan fingerprint density at radius 2 is 1.54 bits per heavy atom. The first-order valence-corrected chi connectivity index (χ1v) is 29.1. The van der Waals surface area contributed by atoms with Gasteiger partial charge in [0.15, 0.2) is 0 Å².